The van der Waals surface area contributed by atoms with Crippen molar-refractivity contribution < 1.29 is 9.90 Å². The molecule has 6 heteroatoms. The molecule has 1 aromatic carbocycles. The van der Waals surface area contributed by atoms with E-state index >= 15 is 0 Å². The molecule has 0 aliphatic heterocycles. The van der Waals surface area contributed by atoms with E-state index in [0.717, 1.165) is 0 Å². The number of phenolic OH excluding ortho intramolecular Hbond substituents is 1. The Morgan fingerprint density at radius 1 is 1.14 bits per heavy atom. The Bertz CT molecular complexity index is 886. The molecule has 21 heavy (non-hydrogen) atoms. The molecule has 0 spiro atoms. The number of hydrogen-bond donors (Lipinski definition) is 2. The van der Waals surface area contributed by atoms with E-state index in [2.05, 4.69) is 10.3 Å². The zero-order valence-electron chi connectivity index (χ0n) is 10.9. The molecule has 0 aliphatic carbocycles. The number of aromatic hydroxyl groups is 1. The fourth-order valence-corrected chi connectivity index (χ4v) is 1.95. The lowest BCUT2D eigenvalue weighted by Gasteiger charge is -2.07. The summed E-state index contributed by atoms with van der Waals surface area (Å²) in [5.41, 5.74) is 0.136. The summed E-state index contributed by atoms with van der Waals surface area (Å²) in [4.78, 5) is 28.5. The van der Waals surface area contributed by atoms with Gasteiger partial charge in [0.05, 0.1) is 5.69 Å². The van der Waals surface area contributed by atoms with Gasteiger partial charge in [-0.15, -0.1) is 0 Å². The molecule has 6 nitrogen and oxygen atoms in total. The first-order valence-corrected chi connectivity index (χ1v) is 6.22. The number of nitrogens with one attached hydrogen (secondary N) is 1. The van der Waals surface area contributed by atoms with E-state index in [0.29, 0.717) is 5.65 Å². The molecule has 0 atom stereocenters. The highest BCUT2D eigenvalue weighted by Gasteiger charge is 2.14. The van der Waals surface area contributed by atoms with Gasteiger partial charge in [0.1, 0.15) is 17.0 Å². The molecule has 3 aromatic rings. The summed E-state index contributed by atoms with van der Waals surface area (Å²) in [6, 6.07) is 11.4. The summed E-state index contributed by atoms with van der Waals surface area (Å²) in [7, 11) is 0. The quantitative estimate of drug-likeness (QED) is 0.700. The molecule has 104 valence electrons. The summed E-state index contributed by atoms with van der Waals surface area (Å²) >= 11 is 0. The van der Waals surface area contributed by atoms with Crippen molar-refractivity contribution in [1.29, 1.82) is 0 Å². The number of hydrogen-bond acceptors (Lipinski definition) is 4. The summed E-state index contributed by atoms with van der Waals surface area (Å²) in [6.45, 7) is 0. The minimum atomic E-state index is -0.618. The maximum atomic E-state index is 12.2. The molecule has 0 fully saturated rings. The summed E-state index contributed by atoms with van der Waals surface area (Å²) in [5.74, 6) is -0.688. The third-order valence-electron chi connectivity index (χ3n) is 3.01. The van der Waals surface area contributed by atoms with E-state index in [-0.39, 0.29) is 17.0 Å². The number of pyridine rings is 1. The summed E-state index contributed by atoms with van der Waals surface area (Å²) in [5, 5.41) is 12.1. The van der Waals surface area contributed by atoms with Crippen LogP contribution in [0.4, 0.5) is 5.69 Å². The molecule has 2 N–H and O–H groups in total. The first-order valence-electron chi connectivity index (χ1n) is 6.22. The van der Waals surface area contributed by atoms with E-state index < -0.39 is 11.5 Å². The van der Waals surface area contributed by atoms with Crippen LogP contribution in [0.25, 0.3) is 5.65 Å². The van der Waals surface area contributed by atoms with Crippen molar-refractivity contribution in [1.82, 2.24) is 9.38 Å². The Kier molecular flexibility index (Phi) is 3.12. The van der Waals surface area contributed by atoms with Gasteiger partial charge in [0.2, 0.25) is 0 Å². The van der Waals surface area contributed by atoms with Crippen molar-refractivity contribution in [2.75, 3.05) is 5.32 Å². The number of para-hydroxylation sites is 2. The molecule has 0 radical (unpaired) electrons. The van der Waals surface area contributed by atoms with E-state index in [1.807, 2.05) is 0 Å². The standard InChI is InChI=1S/C15H11N3O3/c19-12-6-2-1-5-11(12)17-14(20)10-9-16-13-7-3-4-8-18(13)15(10)21/h1-9,19H,(H,17,20). The smallest absolute Gasteiger partial charge is 0.270 e. The predicted octanol–water partition coefficient (Wildman–Crippen LogP) is 1.65. The van der Waals surface area contributed by atoms with Crippen LogP contribution in [0.5, 0.6) is 5.75 Å². The lowest BCUT2D eigenvalue weighted by atomic mass is 10.2. The third-order valence-corrected chi connectivity index (χ3v) is 3.01. The first-order chi connectivity index (χ1) is 10.2. The van der Waals surface area contributed by atoms with Gasteiger partial charge in [-0.3, -0.25) is 14.0 Å². The highest BCUT2D eigenvalue weighted by atomic mass is 16.3. The molecule has 0 aliphatic rings. The topological polar surface area (TPSA) is 83.7 Å². The molecular weight excluding hydrogens is 270 g/mol. The molecule has 0 unspecified atom stereocenters. The van der Waals surface area contributed by atoms with Gasteiger partial charge in [0.25, 0.3) is 11.5 Å². The summed E-state index contributed by atoms with van der Waals surface area (Å²) < 4.78 is 1.29. The maximum Gasteiger partial charge on any atom is 0.270 e. The number of amides is 1. The number of anilines is 1. The van der Waals surface area contributed by atoms with Crippen LogP contribution in [-0.2, 0) is 0 Å². The second-order valence-electron chi connectivity index (χ2n) is 4.38. The van der Waals surface area contributed by atoms with E-state index in [9.17, 15) is 14.7 Å². The monoisotopic (exact) mass is 281 g/mol. The molecule has 2 heterocycles. The zero-order chi connectivity index (χ0) is 14.8. The van der Waals surface area contributed by atoms with Gasteiger partial charge < -0.3 is 10.4 Å². The van der Waals surface area contributed by atoms with Gasteiger partial charge in [-0.1, -0.05) is 18.2 Å². The van der Waals surface area contributed by atoms with Gasteiger partial charge in [0.15, 0.2) is 0 Å². The molecule has 0 saturated heterocycles. The Labute approximate surface area is 119 Å². The number of aromatic nitrogens is 2. The number of rotatable bonds is 2. The summed E-state index contributed by atoms with van der Waals surface area (Å²) in [6.07, 6.45) is 2.77. The fraction of sp³-hybridized carbons (Fsp3) is 0. The predicted molar refractivity (Wildman–Crippen MR) is 77.5 cm³/mol. The lowest BCUT2D eigenvalue weighted by molar-refractivity contribution is 0.102. The van der Waals surface area contributed by atoms with Crippen LogP contribution in [0.15, 0.2) is 59.7 Å². The van der Waals surface area contributed by atoms with Crippen LogP contribution in [0, 0.1) is 0 Å². The van der Waals surface area contributed by atoms with Crippen LogP contribution in [0.3, 0.4) is 0 Å². The molecule has 2 aromatic heterocycles. The van der Waals surface area contributed by atoms with E-state index in [1.165, 1.54) is 16.7 Å². The first kappa shape index (κ1) is 12.9. The van der Waals surface area contributed by atoms with Crippen LogP contribution in [0.1, 0.15) is 10.4 Å². The SMILES string of the molecule is O=C(Nc1ccccc1O)c1cnc2ccccn2c1=O. The molecule has 3 rings (SSSR count). The number of carbonyl (C=O) groups excluding carboxylic acids is 1. The number of phenols is 1. The van der Waals surface area contributed by atoms with Crippen LogP contribution >= 0.6 is 0 Å². The molecule has 1 amide bonds. The number of benzene rings is 1. The van der Waals surface area contributed by atoms with Gasteiger partial charge in [-0.25, -0.2) is 4.98 Å². The second kappa shape index (κ2) is 5.09. The van der Waals surface area contributed by atoms with Gasteiger partial charge >= 0.3 is 0 Å². The Morgan fingerprint density at radius 3 is 2.71 bits per heavy atom. The minimum Gasteiger partial charge on any atom is -0.506 e. The second-order valence-corrected chi connectivity index (χ2v) is 4.38. The van der Waals surface area contributed by atoms with Crippen LogP contribution < -0.4 is 10.9 Å². The molecule has 0 saturated carbocycles. The van der Waals surface area contributed by atoms with Gasteiger partial charge in [-0.2, -0.15) is 0 Å². The Morgan fingerprint density at radius 2 is 1.90 bits per heavy atom. The maximum absolute atomic E-state index is 12.2. The van der Waals surface area contributed by atoms with Crippen molar-refractivity contribution in [3.63, 3.8) is 0 Å². The van der Waals surface area contributed by atoms with Crippen LogP contribution in [-0.4, -0.2) is 20.4 Å². The lowest BCUT2D eigenvalue weighted by Crippen LogP contribution is -2.26. The average Bonchev–Trinajstić information content (AvgIpc) is 2.50. The fourth-order valence-electron chi connectivity index (χ4n) is 1.95. The number of carbonyl (C=O) groups is 1. The van der Waals surface area contributed by atoms with Crippen molar-refractivity contribution >= 4 is 17.2 Å². The van der Waals surface area contributed by atoms with Crippen molar-refractivity contribution in [3.8, 4) is 5.75 Å². The van der Waals surface area contributed by atoms with Crippen LogP contribution in [0.2, 0.25) is 0 Å². The Hall–Kier alpha value is -3.15. The Balaban J connectivity index is 2.01. The largest absolute Gasteiger partial charge is 0.506 e. The van der Waals surface area contributed by atoms with Gasteiger partial charge in [-0.05, 0) is 24.3 Å². The highest BCUT2D eigenvalue weighted by Crippen LogP contribution is 2.21. The highest BCUT2D eigenvalue weighted by molar-refractivity contribution is 6.04. The normalized spacial score (nSPS) is 10.5. The third kappa shape index (κ3) is 2.34. The van der Waals surface area contributed by atoms with E-state index in [1.54, 1.807) is 42.6 Å². The molecular formula is C15H11N3O3. The van der Waals surface area contributed by atoms with Crippen molar-refractivity contribution in [2.24, 2.45) is 0 Å². The number of fused-ring (bicyclic) bond motifs is 1. The van der Waals surface area contributed by atoms with Crippen molar-refractivity contribution in [2.45, 2.75) is 0 Å². The van der Waals surface area contributed by atoms with Crippen molar-refractivity contribution in [3.05, 3.63) is 70.8 Å². The average molecular weight is 281 g/mol. The number of nitrogens with zero attached hydrogens (tertiary/aromatic N) is 2. The minimum absolute atomic E-state index is 0.0697. The van der Waals surface area contributed by atoms with Gasteiger partial charge in [0, 0.05) is 12.4 Å². The zero-order valence-corrected chi connectivity index (χ0v) is 10.9. The van der Waals surface area contributed by atoms with E-state index in [4.69, 9.17) is 0 Å². The molecule has 0 bridgehead atoms.